The fourth-order valence-electron chi connectivity index (χ4n) is 6.27. The minimum absolute atomic E-state index is 0.0891. The Bertz CT molecular complexity index is 1560. The molecule has 2 aliphatic carbocycles. The van der Waals surface area contributed by atoms with Crippen molar-refractivity contribution in [3.8, 4) is 11.4 Å². The highest BCUT2D eigenvalue weighted by Crippen LogP contribution is 2.47. The molecule has 4 aromatic carbocycles. The number of rotatable bonds is 3. The van der Waals surface area contributed by atoms with Crippen molar-refractivity contribution in [3.05, 3.63) is 89.5 Å². The van der Waals surface area contributed by atoms with E-state index in [1.165, 1.54) is 51.1 Å². The van der Waals surface area contributed by atoms with Gasteiger partial charge < -0.3 is 0 Å². The minimum atomic E-state index is 0.0891. The Morgan fingerprint density at radius 3 is 2.59 bits per heavy atom. The van der Waals surface area contributed by atoms with Gasteiger partial charge in [-0.25, -0.2) is 4.68 Å². The monoisotopic (exact) mass is 444 g/mol. The number of hydrogen-bond acceptors (Lipinski definition) is 3. The largest absolute Gasteiger partial charge is 0.222 e. The molecule has 1 aromatic heterocycles. The lowest BCUT2D eigenvalue weighted by Crippen LogP contribution is -2.29. The highest BCUT2D eigenvalue weighted by molar-refractivity contribution is 6.09. The van der Waals surface area contributed by atoms with Gasteiger partial charge in [0.1, 0.15) is 0 Å². The molecule has 0 N–H and O–H groups in total. The molecule has 4 nitrogen and oxygen atoms in total. The average molecular weight is 445 g/mol. The molecule has 1 atom stereocenters. The van der Waals surface area contributed by atoms with Gasteiger partial charge in [0.25, 0.3) is 0 Å². The standard InChI is InChI=1S/C30H28N4/c1-30(2)18-23(20-7-5-8-22(16-20)29-31-32-33-34(29)24-12-13-24)17-21-11-14-26-25-9-4-3-6-19(25)10-15-27(26)28(21)30/h3-11,14-16,23-24H,12-13,17-18H2,1-2H3. The fraction of sp³-hybridized carbons (Fsp3) is 0.300. The second kappa shape index (κ2) is 7.23. The first-order chi connectivity index (χ1) is 16.6. The second-order valence-corrected chi connectivity index (χ2v) is 10.8. The molecular formula is C30H28N4. The van der Waals surface area contributed by atoms with E-state index in [1.807, 2.05) is 4.68 Å². The van der Waals surface area contributed by atoms with Crippen molar-refractivity contribution >= 4 is 21.5 Å². The van der Waals surface area contributed by atoms with Gasteiger partial charge >= 0.3 is 0 Å². The first-order valence-corrected chi connectivity index (χ1v) is 12.4. The van der Waals surface area contributed by atoms with Gasteiger partial charge in [-0.05, 0) is 91.7 Å². The van der Waals surface area contributed by atoms with Crippen molar-refractivity contribution in [2.75, 3.05) is 0 Å². The number of fused-ring (bicyclic) bond motifs is 5. The zero-order valence-electron chi connectivity index (χ0n) is 19.7. The summed E-state index contributed by atoms with van der Waals surface area (Å²) in [7, 11) is 0. The smallest absolute Gasteiger partial charge is 0.182 e. The van der Waals surface area contributed by atoms with E-state index in [-0.39, 0.29) is 5.41 Å². The zero-order chi connectivity index (χ0) is 22.9. The Morgan fingerprint density at radius 2 is 1.71 bits per heavy atom. The number of tetrazole rings is 1. The third-order valence-corrected chi connectivity index (χ3v) is 7.91. The van der Waals surface area contributed by atoms with Crippen LogP contribution in [0.1, 0.15) is 61.8 Å². The number of nitrogens with zero attached hydrogens (tertiary/aromatic N) is 4. The summed E-state index contributed by atoms with van der Waals surface area (Å²) in [5.41, 5.74) is 5.62. The van der Waals surface area contributed by atoms with Crippen LogP contribution in [0.4, 0.5) is 0 Å². The molecule has 0 radical (unpaired) electrons. The van der Waals surface area contributed by atoms with Crippen molar-refractivity contribution in [1.82, 2.24) is 20.2 Å². The molecule has 1 saturated carbocycles. The molecule has 168 valence electrons. The van der Waals surface area contributed by atoms with Crippen LogP contribution in [0.15, 0.2) is 72.8 Å². The van der Waals surface area contributed by atoms with E-state index in [1.54, 1.807) is 0 Å². The summed E-state index contributed by atoms with van der Waals surface area (Å²) < 4.78 is 2.01. The van der Waals surface area contributed by atoms with Gasteiger partial charge in [-0.3, -0.25) is 0 Å². The Morgan fingerprint density at radius 1 is 0.853 bits per heavy atom. The van der Waals surface area contributed by atoms with E-state index < -0.39 is 0 Å². The number of benzene rings is 4. The van der Waals surface area contributed by atoms with Crippen molar-refractivity contribution in [2.45, 2.75) is 56.9 Å². The highest BCUT2D eigenvalue weighted by Gasteiger charge is 2.35. The van der Waals surface area contributed by atoms with Crippen LogP contribution in [0.5, 0.6) is 0 Å². The van der Waals surface area contributed by atoms with Gasteiger partial charge in [0, 0.05) is 5.56 Å². The van der Waals surface area contributed by atoms with Gasteiger partial charge in [-0.15, -0.1) is 5.10 Å². The van der Waals surface area contributed by atoms with Gasteiger partial charge in [0.05, 0.1) is 6.04 Å². The molecule has 34 heavy (non-hydrogen) atoms. The van der Waals surface area contributed by atoms with E-state index in [0.717, 1.165) is 24.2 Å². The van der Waals surface area contributed by atoms with Crippen molar-refractivity contribution in [2.24, 2.45) is 0 Å². The second-order valence-electron chi connectivity index (χ2n) is 10.8. The van der Waals surface area contributed by atoms with Crippen molar-refractivity contribution in [3.63, 3.8) is 0 Å². The summed E-state index contributed by atoms with van der Waals surface area (Å²) in [6.45, 7) is 4.84. The van der Waals surface area contributed by atoms with Gasteiger partial charge in [0.2, 0.25) is 0 Å². The SMILES string of the molecule is CC1(C)CC(c2cccc(-c3nnnn3C3CC3)c2)Cc2ccc3c(ccc4ccccc43)c21. The minimum Gasteiger partial charge on any atom is -0.222 e. The fourth-order valence-corrected chi connectivity index (χ4v) is 6.27. The molecule has 5 aromatic rings. The summed E-state index contributed by atoms with van der Waals surface area (Å²) in [6, 6.07) is 27.5. The van der Waals surface area contributed by atoms with Crippen LogP contribution in [0.3, 0.4) is 0 Å². The maximum Gasteiger partial charge on any atom is 0.182 e. The van der Waals surface area contributed by atoms with E-state index in [2.05, 4.69) is 102 Å². The number of hydrogen-bond donors (Lipinski definition) is 0. The molecule has 2 aliphatic rings. The van der Waals surface area contributed by atoms with Crippen LogP contribution in [0.2, 0.25) is 0 Å². The summed E-state index contributed by atoms with van der Waals surface area (Å²) in [6.07, 6.45) is 4.55. The molecule has 4 heteroatoms. The summed E-state index contributed by atoms with van der Waals surface area (Å²) in [5.74, 6) is 1.38. The van der Waals surface area contributed by atoms with Crippen molar-refractivity contribution in [1.29, 1.82) is 0 Å². The van der Waals surface area contributed by atoms with E-state index >= 15 is 0 Å². The van der Waals surface area contributed by atoms with Crippen molar-refractivity contribution < 1.29 is 0 Å². The quantitative estimate of drug-likeness (QED) is 0.282. The molecule has 7 rings (SSSR count). The third kappa shape index (κ3) is 3.08. The zero-order valence-corrected chi connectivity index (χ0v) is 19.7. The van der Waals surface area contributed by atoms with Crippen LogP contribution in [0, 0.1) is 0 Å². The van der Waals surface area contributed by atoms with Crippen LogP contribution >= 0.6 is 0 Å². The first kappa shape index (κ1) is 19.9. The Kier molecular flexibility index (Phi) is 4.23. The molecular weight excluding hydrogens is 416 g/mol. The normalized spacial score (nSPS) is 19.4. The molecule has 0 bridgehead atoms. The van der Waals surface area contributed by atoms with Gasteiger partial charge in [-0.2, -0.15) is 0 Å². The summed E-state index contributed by atoms with van der Waals surface area (Å²) >= 11 is 0. The Hall–Kier alpha value is -3.53. The maximum absolute atomic E-state index is 4.36. The van der Waals surface area contributed by atoms with Crippen LogP contribution in [-0.2, 0) is 11.8 Å². The van der Waals surface area contributed by atoms with Gasteiger partial charge in [0.15, 0.2) is 5.82 Å². The molecule has 0 saturated heterocycles. The molecule has 0 amide bonds. The Balaban J connectivity index is 1.31. The third-order valence-electron chi connectivity index (χ3n) is 7.91. The molecule has 1 unspecified atom stereocenters. The number of aromatic nitrogens is 4. The lowest BCUT2D eigenvalue weighted by atomic mass is 9.65. The molecule has 0 aliphatic heterocycles. The summed E-state index contributed by atoms with van der Waals surface area (Å²) in [5, 5.41) is 18.0. The molecule has 1 heterocycles. The topological polar surface area (TPSA) is 43.6 Å². The van der Waals surface area contributed by atoms with Crippen LogP contribution in [-0.4, -0.2) is 20.2 Å². The average Bonchev–Trinajstić information content (AvgIpc) is 3.58. The molecule has 1 fully saturated rings. The van der Waals surface area contributed by atoms with E-state index in [9.17, 15) is 0 Å². The van der Waals surface area contributed by atoms with E-state index in [4.69, 9.17) is 0 Å². The summed E-state index contributed by atoms with van der Waals surface area (Å²) in [4.78, 5) is 0. The lowest BCUT2D eigenvalue weighted by Gasteiger charge is -2.39. The van der Waals surface area contributed by atoms with Crippen LogP contribution < -0.4 is 0 Å². The first-order valence-electron chi connectivity index (χ1n) is 12.4. The predicted octanol–water partition coefficient (Wildman–Crippen LogP) is 6.99. The van der Waals surface area contributed by atoms with Crippen LogP contribution in [0.25, 0.3) is 32.9 Å². The highest BCUT2D eigenvalue weighted by atomic mass is 15.6. The lowest BCUT2D eigenvalue weighted by molar-refractivity contribution is 0.395. The van der Waals surface area contributed by atoms with E-state index in [0.29, 0.717) is 12.0 Å². The Labute approximate surface area is 199 Å². The predicted molar refractivity (Wildman–Crippen MR) is 137 cm³/mol. The molecule has 0 spiro atoms. The van der Waals surface area contributed by atoms with Gasteiger partial charge in [-0.1, -0.05) is 80.6 Å². The maximum atomic E-state index is 4.36.